The molecule has 0 N–H and O–H groups in total. The van der Waals surface area contributed by atoms with Crippen molar-refractivity contribution in [1.82, 2.24) is 19.7 Å². The monoisotopic (exact) mass is 585 g/mol. The fraction of sp³-hybridized carbons (Fsp3) is 0.304. The summed E-state index contributed by atoms with van der Waals surface area (Å²) in [5, 5.41) is 5.13. The molecule has 2 aromatic heterocycles. The SMILES string of the molecule is CCCN(CCC)C(=O)c1cc(Cl)cc(Cl)c1N(C)C(=O)c1cc(Br)nn1-c1ncccc1Cl. The molecular formula is C23H23BrCl3N5O2. The van der Waals surface area contributed by atoms with Gasteiger partial charge in [-0.25, -0.2) is 9.67 Å². The second-order valence-electron chi connectivity index (χ2n) is 7.51. The Morgan fingerprint density at radius 2 is 1.71 bits per heavy atom. The highest BCUT2D eigenvalue weighted by atomic mass is 79.9. The Labute approximate surface area is 221 Å². The lowest BCUT2D eigenvalue weighted by atomic mass is 10.1. The molecule has 0 aliphatic heterocycles. The summed E-state index contributed by atoms with van der Waals surface area (Å²) < 4.78 is 1.76. The second kappa shape index (κ2) is 11.5. The number of hydrogen-bond donors (Lipinski definition) is 0. The molecule has 0 atom stereocenters. The average molecular weight is 588 g/mol. The first-order valence-electron chi connectivity index (χ1n) is 10.6. The summed E-state index contributed by atoms with van der Waals surface area (Å²) in [7, 11) is 1.55. The van der Waals surface area contributed by atoms with Crippen molar-refractivity contribution in [2.24, 2.45) is 0 Å². The summed E-state index contributed by atoms with van der Waals surface area (Å²) in [6, 6.07) is 7.93. The predicted molar refractivity (Wildman–Crippen MR) is 140 cm³/mol. The number of hydrogen-bond acceptors (Lipinski definition) is 4. The summed E-state index contributed by atoms with van der Waals surface area (Å²) in [5.41, 5.74) is 0.684. The summed E-state index contributed by atoms with van der Waals surface area (Å²) >= 11 is 22.4. The van der Waals surface area contributed by atoms with Crippen LogP contribution in [0.1, 0.15) is 47.5 Å². The zero-order chi connectivity index (χ0) is 25.0. The maximum absolute atomic E-state index is 13.7. The Morgan fingerprint density at radius 3 is 2.32 bits per heavy atom. The zero-order valence-corrected chi connectivity index (χ0v) is 22.7. The number of nitrogens with zero attached hydrogens (tertiary/aromatic N) is 5. The molecule has 0 bridgehead atoms. The Balaban J connectivity index is 2.10. The van der Waals surface area contributed by atoms with Crippen molar-refractivity contribution in [3.05, 3.63) is 67.5 Å². The van der Waals surface area contributed by atoms with Crippen LogP contribution in [-0.4, -0.2) is 51.6 Å². The van der Waals surface area contributed by atoms with Crippen molar-refractivity contribution >= 4 is 68.2 Å². The van der Waals surface area contributed by atoms with Gasteiger partial charge in [0.25, 0.3) is 11.8 Å². The molecule has 0 spiro atoms. The highest BCUT2D eigenvalue weighted by Gasteiger charge is 2.29. The minimum Gasteiger partial charge on any atom is -0.339 e. The van der Waals surface area contributed by atoms with Crippen LogP contribution < -0.4 is 4.90 Å². The lowest BCUT2D eigenvalue weighted by molar-refractivity contribution is 0.0756. The van der Waals surface area contributed by atoms with Crippen molar-refractivity contribution in [2.45, 2.75) is 26.7 Å². The topological polar surface area (TPSA) is 71.3 Å². The van der Waals surface area contributed by atoms with E-state index in [2.05, 4.69) is 26.0 Å². The van der Waals surface area contributed by atoms with E-state index in [0.717, 1.165) is 12.8 Å². The van der Waals surface area contributed by atoms with E-state index in [-0.39, 0.29) is 27.9 Å². The van der Waals surface area contributed by atoms with Crippen LogP contribution in [0.3, 0.4) is 0 Å². The third kappa shape index (κ3) is 5.57. The smallest absolute Gasteiger partial charge is 0.276 e. The maximum Gasteiger partial charge on any atom is 0.276 e. The first-order valence-corrected chi connectivity index (χ1v) is 12.5. The zero-order valence-electron chi connectivity index (χ0n) is 18.9. The molecule has 0 aliphatic carbocycles. The summed E-state index contributed by atoms with van der Waals surface area (Å²) in [6.07, 6.45) is 3.14. The number of anilines is 1. The Kier molecular flexibility index (Phi) is 8.98. The molecule has 0 saturated carbocycles. The molecule has 0 aliphatic rings. The van der Waals surface area contributed by atoms with Crippen LogP contribution in [0.15, 0.2) is 41.1 Å². The number of amides is 2. The van der Waals surface area contributed by atoms with Gasteiger partial charge in [0, 0.05) is 37.4 Å². The predicted octanol–water partition coefficient (Wildman–Crippen LogP) is 6.53. The minimum atomic E-state index is -0.462. The number of carbonyl (C=O) groups excluding carboxylic acids is 2. The van der Waals surface area contributed by atoms with Gasteiger partial charge >= 0.3 is 0 Å². The number of rotatable bonds is 8. The molecule has 0 unspecified atom stereocenters. The molecule has 7 nitrogen and oxygen atoms in total. The van der Waals surface area contributed by atoms with Gasteiger partial charge in [-0.3, -0.25) is 9.59 Å². The van der Waals surface area contributed by atoms with Gasteiger partial charge < -0.3 is 9.80 Å². The molecule has 3 rings (SSSR count). The van der Waals surface area contributed by atoms with Crippen molar-refractivity contribution < 1.29 is 9.59 Å². The van der Waals surface area contributed by atoms with Crippen LogP contribution in [0, 0.1) is 0 Å². The number of benzene rings is 1. The highest BCUT2D eigenvalue weighted by molar-refractivity contribution is 9.10. The molecule has 2 heterocycles. The van der Waals surface area contributed by atoms with Crippen molar-refractivity contribution in [3.8, 4) is 5.82 Å². The summed E-state index contributed by atoms with van der Waals surface area (Å²) in [6.45, 7) is 5.15. The lowest BCUT2D eigenvalue weighted by Gasteiger charge is -2.26. The molecule has 180 valence electrons. The molecule has 0 saturated heterocycles. The highest BCUT2D eigenvalue weighted by Crippen LogP contribution is 2.35. The molecule has 11 heteroatoms. The Morgan fingerprint density at radius 1 is 1.03 bits per heavy atom. The summed E-state index contributed by atoms with van der Waals surface area (Å²) in [5.74, 6) is -0.414. The molecule has 34 heavy (non-hydrogen) atoms. The van der Waals surface area contributed by atoms with E-state index in [9.17, 15) is 9.59 Å². The quantitative estimate of drug-likeness (QED) is 0.301. The van der Waals surface area contributed by atoms with Crippen LogP contribution in [-0.2, 0) is 0 Å². The van der Waals surface area contributed by atoms with Gasteiger partial charge in [-0.15, -0.1) is 0 Å². The van der Waals surface area contributed by atoms with Gasteiger partial charge in [-0.2, -0.15) is 5.10 Å². The first kappa shape index (κ1) is 26.5. The van der Waals surface area contributed by atoms with Crippen LogP contribution in [0.2, 0.25) is 15.1 Å². The van der Waals surface area contributed by atoms with E-state index in [4.69, 9.17) is 34.8 Å². The third-order valence-electron chi connectivity index (χ3n) is 5.01. The fourth-order valence-electron chi connectivity index (χ4n) is 3.57. The molecule has 0 radical (unpaired) electrons. The molecule has 1 aromatic carbocycles. The minimum absolute atomic E-state index is 0.179. The van der Waals surface area contributed by atoms with Gasteiger partial charge in [-0.05, 0) is 53.0 Å². The number of carbonyl (C=O) groups is 2. The normalized spacial score (nSPS) is 10.9. The van der Waals surface area contributed by atoms with E-state index < -0.39 is 5.91 Å². The molecule has 2 amide bonds. The van der Waals surface area contributed by atoms with Crippen LogP contribution >= 0.6 is 50.7 Å². The number of aromatic nitrogens is 3. The average Bonchev–Trinajstić information content (AvgIpc) is 3.18. The van der Waals surface area contributed by atoms with Crippen molar-refractivity contribution in [2.75, 3.05) is 25.0 Å². The van der Waals surface area contributed by atoms with Crippen molar-refractivity contribution in [1.29, 1.82) is 0 Å². The van der Waals surface area contributed by atoms with E-state index in [1.54, 1.807) is 36.3 Å². The van der Waals surface area contributed by atoms with Crippen LogP contribution in [0.5, 0.6) is 0 Å². The van der Waals surface area contributed by atoms with Gasteiger partial charge in [0.1, 0.15) is 10.3 Å². The van der Waals surface area contributed by atoms with E-state index in [0.29, 0.717) is 33.6 Å². The molecule has 3 aromatic rings. The lowest BCUT2D eigenvalue weighted by Crippen LogP contribution is -2.35. The standard InChI is InChI=1S/C23H23BrCl3N5O2/c1-4-9-31(10-5-2)22(33)15-11-14(25)12-17(27)20(15)30(3)23(34)18-13-19(24)29-32(18)21-16(26)7-6-8-28-21/h6-8,11-13H,4-5,9-10H2,1-3H3. The van der Waals surface area contributed by atoms with E-state index in [1.165, 1.54) is 21.7 Å². The molecule has 0 fully saturated rings. The fourth-order valence-corrected chi connectivity index (χ4v) is 4.76. The first-order chi connectivity index (χ1) is 16.2. The summed E-state index contributed by atoms with van der Waals surface area (Å²) in [4.78, 5) is 34.4. The van der Waals surface area contributed by atoms with E-state index in [1.807, 2.05) is 13.8 Å². The van der Waals surface area contributed by atoms with Crippen LogP contribution in [0.4, 0.5) is 5.69 Å². The van der Waals surface area contributed by atoms with Crippen molar-refractivity contribution in [3.63, 3.8) is 0 Å². The maximum atomic E-state index is 13.7. The van der Waals surface area contributed by atoms with Gasteiger partial charge in [0.05, 0.1) is 21.3 Å². The largest absolute Gasteiger partial charge is 0.339 e. The molecular weight excluding hydrogens is 565 g/mol. The second-order valence-corrected chi connectivity index (χ2v) is 9.58. The Hall–Kier alpha value is -2.13. The number of halogens is 4. The van der Waals surface area contributed by atoms with Gasteiger partial charge in [0.2, 0.25) is 0 Å². The van der Waals surface area contributed by atoms with Crippen LogP contribution in [0.25, 0.3) is 5.82 Å². The van der Waals surface area contributed by atoms with Gasteiger partial charge in [0.15, 0.2) is 5.82 Å². The Bertz CT molecular complexity index is 1210. The number of pyridine rings is 1. The van der Waals surface area contributed by atoms with Gasteiger partial charge in [-0.1, -0.05) is 48.7 Å². The third-order valence-corrected chi connectivity index (χ3v) is 6.20. The van der Waals surface area contributed by atoms with E-state index >= 15 is 0 Å².